The molecule has 0 aliphatic heterocycles. The van der Waals surface area contributed by atoms with Crippen LogP contribution in [0.1, 0.15) is 45.6 Å². The van der Waals surface area contributed by atoms with Gasteiger partial charge in [0.15, 0.2) is 0 Å². The Morgan fingerprint density at radius 3 is 2.40 bits per heavy atom. The van der Waals surface area contributed by atoms with Crippen molar-refractivity contribution in [3.05, 3.63) is 35.9 Å². The molecule has 3 N–H and O–H groups in total. The molecule has 1 aromatic carbocycles. The maximum absolute atomic E-state index is 11.7. The molecule has 0 aromatic heterocycles. The zero-order valence-electron chi connectivity index (χ0n) is 15.1. The Morgan fingerprint density at radius 1 is 1.16 bits per heavy atom. The molecule has 6 nitrogen and oxygen atoms in total. The highest BCUT2D eigenvalue weighted by Crippen LogP contribution is 2.10. The maximum atomic E-state index is 11.7. The molecule has 1 aromatic rings. The first-order chi connectivity index (χ1) is 11.3. The summed E-state index contributed by atoms with van der Waals surface area (Å²) in [5.74, 6) is -0.391. The lowest BCUT2D eigenvalue weighted by molar-refractivity contribution is -0.156. The molecule has 0 radical (unpaired) electrons. The normalized spacial score (nSPS) is 11.8. The molecular formula is C18H29ClN2O4. The minimum atomic E-state index is -0.630. The van der Waals surface area contributed by atoms with E-state index in [4.69, 9.17) is 15.2 Å². The van der Waals surface area contributed by atoms with Crippen LogP contribution in [0.2, 0.25) is 0 Å². The first-order valence-corrected chi connectivity index (χ1v) is 8.21. The molecule has 7 heteroatoms. The van der Waals surface area contributed by atoms with E-state index in [2.05, 4.69) is 5.32 Å². The van der Waals surface area contributed by atoms with Gasteiger partial charge in [0.1, 0.15) is 18.2 Å². The number of carbonyl (C=O) groups excluding carboxylic acids is 2. The van der Waals surface area contributed by atoms with Gasteiger partial charge in [-0.05, 0) is 45.6 Å². The van der Waals surface area contributed by atoms with Crippen LogP contribution in [-0.2, 0) is 20.9 Å². The number of alkyl carbamates (subject to hydrolysis) is 1. The molecule has 0 saturated heterocycles. The van der Waals surface area contributed by atoms with Crippen molar-refractivity contribution in [3.8, 4) is 0 Å². The summed E-state index contributed by atoms with van der Waals surface area (Å²) < 4.78 is 10.3. The van der Waals surface area contributed by atoms with E-state index in [1.807, 2.05) is 51.1 Å². The van der Waals surface area contributed by atoms with Crippen molar-refractivity contribution in [2.75, 3.05) is 6.54 Å². The highest BCUT2D eigenvalue weighted by Gasteiger charge is 2.21. The molecule has 0 saturated carbocycles. The topological polar surface area (TPSA) is 90.6 Å². The number of benzene rings is 1. The van der Waals surface area contributed by atoms with Crippen LogP contribution in [0, 0.1) is 0 Å². The van der Waals surface area contributed by atoms with Gasteiger partial charge in [-0.25, -0.2) is 4.79 Å². The number of nitrogens with two attached hydrogens (primary N) is 1. The Labute approximate surface area is 155 Å². The number of nitrogens with one attached hydrogen (secondary N) is 1. The average Bonchev–Trinajstić information content (AvgIpc) is 2.51. The summed E-state index contributed by atoms with van der Waals surface area (Å²) >= 11 is 0. The predicted molar refractivity (Wildman–Crippen MR) is 99.5 cm³/mol. The van der Waals surface area contributed by atoms with E-state index in [-0.39, 0.29) is 19.0 Å². The third kappa shape index (κ3) is 11.4. The quantitative estimate of drug-likeness (QED) is 0.540. The van der Waals surface area contributed by atoms with Crippen LogP contribution in [-0.4, -0.2) is 30.3 Å². The molecule has 1 unspecified atom stereocenters. The molecule has 1 atom stereocenters. The van der Waals surface area contributed by atoms with Crippen molar-refractivity contribution >= 4 is 24.5 Å². The molecule has 0 aliphatic carbocycles. The Kier molecular flexibility index (Phi) is 10.9. The van der Waals surface area contributed by atoms with E-state index < -0.39 is 23.7 Å². The Hall–Kier alpha value is -1.79. The molecule has 0 aliphatic rings. The predicted octanol–water partition coefficient (Wildman–Crippen LogP) is 3.17. The van der Waals surface area contributed by atoms with Gasteiger partial charge in [-0.1, -0.05) is 30.3 Å². The Morgan fingerprint density at radius 2 is 1.80 bits per heavy atom. The van der Waals surface area contributed by atoms with Crippen molar-refractivity contribution < 1.29 is 19.1 Å². The SMILES string of the molecule is CC(C)(C)OC(=O)C(N)CCCCNC(=O)OCc1ccccc1.Cl. The summed E-state index contributed by atoms with van der Waals surface area (Å²) in [6.45, 7) is 6.15. The fourth-order valence-electron chi connectivity index (χ4n) is 1.95. The van der Waals surface area contributed by atoms with Gasteiger partial charge in [-0.2, -0.15) is 0 Å². The van der Waals surface area contributed by atoms with E-state index in [1.54, 1.807) is 0 Å². The first-order valence-electron chi connectivity index (χ1n) is 8.21. The molecule has 25 heavy (non-hydrogen) atoms. The molecule has 1 amide bonds. The van der Waals surface area contributed by atoms with Gasteiger partial charge in [-0.3, -0.25) is 4.79 Å². The molecular weight excluding hydrogens is 344 g/mol. The van der Waals surface area contributed by atoms with Gasteiger partial charge in [0.25, 0.3) is 0 Å². The standard InChI is InChI=1S/C18H28N2O4.ClH/c1-18(2,3)24-16(21)15(19)11-7-8-12-20-17(22)23-13-14-9-5-4-6-10-14;/h4-6,9-10,15H,7-8,11-13,19H2,1-3H3,(H,20,22);1H. The minimum Gasteiger partial charge on any atom is -0.459 e. The number of amides is 1. The minimum absolute atomic E-state index is 0. The summed E-state index contributed by atoms with van der Waals surface area (Å²) in [5, 5.41) is 2.68. The van der Waals surface area contributed by atoms with E-state index >= 15 is 0 Å². The Bertz CT molecular complexity index is 518. The number of carbonyl (C=O) groups is 2. The summed E-state index contributed by atoms with van der Waals surface area (Å²) in [7, 11) is 0. The zero-order valence-corrected chi connectivity index (χ0v) is 15.9. The third-order valence-electron chi connectivity index (χ3n) is 3.13. The summed E-state index contributed by atoms with van der Waals surface area (Å²) in [5.41, 5.74) is 6.20. The number of rotatable bonds is 8. The van der Waals surface area contributed by atoms with E-state index in [0.29, 0.717) is 13.0 Å². The van der Waals surface area contributed by atoms with Crippen molar-refractivity contribution in [2.45, 2.75) is 58.3 Å². The summed E-state index contributed by atoms with van der Waals surface area (Å²) in [4.78, 5) is 23.3. The van der Waals surface area contributed by atoms with Gasteiger partial charge in [0, 0.05) is 6.54 Å². The zero-order chi connectivity index (χ0) is 18.0. The van der Waals surface area contributed by atoms with Crippen molar-refractivity contribution in [1.29, 1.82) is 0 Å². The number of halogens is 1. The van der Waals surface area contributed by atoms with E-state index in [0.717, 1.165) is 18.4 Å². The van der Waals surface area contributed by atoms with E-state index in [1.165, 1.54) is 0 Å². The van der Waals surface area contributed by atoms with Crippen molar-refractivity contribution in [1.82, 2.24) is 5.32 Å². The van der Waals surface area contributed by atoms with Gasteiger partial charge in [0.2, 0.25) is 0 Å². The van der Waals surface area contributed by atoms with Gasteiger partial charge < -0.3 is 20.5 Å². The number of hydrogen-bond donors (Lipinski definition) is 2. The molecule has 1 rings (SSSR count). The smallest absolute Gasteiger partial charge is 0.407 e. The van der Waals surface area contributed by atoms with Gasteiger partial charge >= 0.3 is 12.1 Å². The second-order valence-electron chi connectivity index (χ2n) is 6.62. The first kappa shape index (κ1) is 23.2. The van der Waals surface area contributed by atoms with Crippen LogP contribution in [0.25, 0.3) is 0 Å². The van der Waals surface area contributed by atoms with Crippen LogP contribution in [0.15, 0.2) is 30.3 Å². The highest BCUT2D eigenvalue weighted by atomic mass is 35.5. The third-order valence-corrected chi connectivity index (χ3v) is 3.13. The molecule has 0 bridgehead atoms. The fourth-order valence-corrected chi connectivity index (χ4v) is 1.95. The summed E-state index contributed by atoms with van der Waals surface area (Å²) in [6, 6.07) is 8.85. The lowest BCUT2D eigenvalue weighted by Gasteiger charge is -2.22. The lowest BCUT2D eigenvalue weighted by Crippen LogP contribution is -2.37. The van der Waals surface area contributed by atoms with Crippen LogP contribution in [0.3, 0.4) is 0 Å². The van der Waals surface area contributed by atoms with Crippen LogP contribution < -0.4 is 11.1 Å². The monoisotopic (exact) mass is 372 g/mol. The Balaban J connectivity index is 0.00000576. The fraction of sp³-hybridized carbons (Fsp3) is 0.556. The maximum Gasteiger partial charge on any atom is 0.407 e. The van der Waals surface area contributed by atoms with Gasteiger partial charge in [-0.15, -0.1) is 12.4 Å². The lowest BCUT2D eigenvalue weighted by atomic mass is 10.1. The second kappa shape index (κ2) is 11.7. The van der Waals surface area contributed by atoms with Crippen LogP contribution in [0.5, 0.6) is 0 Å². The van der Waals surface area contributed by atoms with E-state index in [9.17, 15) is 9.59 Å². The number of unbranched alkanes of at least 4 members (excludes halogenated alkanes) is 1. The molecule has 0 fully saturated rings. The highest BCUT2D eigenvalue weighted by molar-refractivity contribution is 5.85. The summed E-state index contributed by atoms with van der Waals surface area (Å²) in [6.07, 6.45) is 1.52. The number of hydrogen-bond acceptors (Lipinski definition) is 5. The number of ether oxygens (including phenoxy) is 2. The van der Waals surface area contributed by atoms with Crippen molar-refractivity contribution in [3.63, 3.8) is 0 Å². The molecule has 142 valence electrons. The van der Waals surface area contributed by atoms with Gasteiger partial charge in [0.05, 0.1) is 0 Å². The average molecular weight is 373 g/mol. The molecule has 0 spiro atoms. The largest absolute Gasteiger partial charge is 0.459 e. The van der Waals surface area contributed by atoms with Crippen LogP contribution >= 0.6 is 12.4 Å². The number of esters is 1. The second-order valence-corrected chi connectivity index (χ2v) is 6.62. The van der Waals surface area contributed by atoms with Crippen LogP contribution in [0.4, 0.5) is 4.79 Å². The molecule has 0 heterocycles. The van der Waals surface area contributed by atoms with Crippen molar-refractivity contribution in [2.24, 2.45) is 5.73 Å².